The molecule has 31 heavy (non-hydrogen) atoms. The monoisotopic (exact) mass is 415 g/mol. The zero-order valence-electron chi connectivity index (χ0n) is 19.9. The van der Waals surface area contributed by atoms with Gasteiger partial charge in [-0.1, -0.05) is 58.8 Å². The van der Waals surface area contributed by atoms with E-state index in [2.05, 4.69) is 52.0 Å². The highest BCUT2D eigenvalue weighted by molar-refractivity contribution is 6.04. The van der Waals surface area contributed by atoms with Crippen LogP contribution in [0.15, 0.2) is 46.6 Å². The summed E-state index contributed by atoms with van der Waals surface area (Å²) in [4.78, 5) is 12.8. The van der Waals surface area contributed by atoms with Crippen molar-refractivity contribution in [1.82, 2.24) is 0 Å². The lowest BCUT2D eigenvalue weighted by Gasteiger charge is -2.64. The van der Waals surface area contributed by atoms with Crippen LogP contribution in [0.5, 0.6) is 0 Å². The van der Waals surface area contributed by atoms with E-state index in [0.29, 0.717) is 11.0 Å². The molecule has 7 unspecified atom stereocenters. The lowest BCUT2D eigenvalue weighted by molar-refractivity contribution is -0.117. The predicted molar refractivity (Wildman–Crippen MR) is 125 cm³/mol. The number of ketones is 1. The fourth-order valence-corrected chi connectivity index (χ4v) is 8.45. The van der Waals surface area contributed by atoms with Gasteiger partial charge in [0.2, 0.25) is 0 Å². The molecule has 0 heterocycles. The van der Waals surface area contributed by atoms with Crippen molar-refractivity contribution in [3.63, 3.8) is 0 Å². The van der Waals surface area contributed by atoms with E-state index in [1.54, 1.807) is 5.57 Å². The Bertz CT molecular complexity index is 1000. The van der Waals surface area contributed by atoms with Gasteiger partial charge < -0.3 is 0 Å². The van der Waals surface area contributed by atoms with Crippen LogP contribution in [0.25, 0.3) is 0 Å². The maximum atomic E-state index is 12.8. The molecule has 0 amide bonds. The van der Waals surface area contributed by atoms with Gasteiger partial charge in [-0.15, -0.1) is 0 Å². The molecule has 3 saturated carbocycles. The van der Waals surface area contributed by atoms with Gasteiger partial charge >= 0.3 is 0 Å². The number of carbonyl (C=O) groups is 1. The van der Waals surface area contributed by atoms with Crippen molar-refractivity contribution in [2.45, 2.75) is 79.6 Å². The molecule has 0 N–H and O–H groups in total. The first-order valence-corrected chi connectivity index (χ1v) is 12.4. The maximum absolute atomic E-state index is 12.8. The fraction of sp³-hybridized carbons (Fsp3) is 0.655. The second-order valence-electron chi connectivity index (χ2n) is 12.1. The zero-order chi connectivity index (χ0) is 22.2. The molecule has 2 nitrogen and oxygen atoms in total. The fourth-order valence-electron chi connectivity index (χ4n) is 8.45. The lowest BCUT2D eigenvalue weighted by Crippen LogP contribution is -2.55. The Labute approximate surface area is 188 Å². The summed E-state index contributed by atoms with van der Waals surface area (Å²) < 4.78 is 0. The number of nitrogens with zero attached hydrogens (tertiary/aromatic N) is 1. The van der Waals surface area contributed by atoms with E-state index < -0.39 is 0 Å². The van der Waals surface area contributed by atoms with E-state index >= 15 is 0 Å². The normalized spacial score (nSPS) is 47.7. The molecule has 3 fully saturated rings. The van der Waals surface area contributed by atoms with Gasteiger partial charge in [0, 0.05) is 23.0 Å². The minimum absolute atomic E-state index is 0.0210. The first-order chi connectivity index (χ1) is 14.6. The standard InChI is InChI=1S/C29H37NO/c1-18-8-11-27(3)13-14-29(5)22(24(27)16-18)9-12-28(4)23-17-20(10-15-30)26(31)19(2)21(23)6-7-25(28)29/h6-7,10,17-19,22,24H,8-9,11-14,16H2,1-5H3/b20-10+. The molecule has 0 radical (unpaired) electrons. The summed E-state index contributed by atoms with van der Waals surface area (Å²) >= 11 is 0. The molecule has 0 aromatic carbocycles. The molecule has 2 heteroatoms. The molecule has 5 aliphatic carbocycles. The summed E-state index contributed by atoms with van der Waals surface area (Å²) in [5, 5.41) is 9.23. The quantitative estimate of drug-likeness (QED) is 0.312. The zero-order valence-corrected chi connectivity index (χ0v) is 19.9. The molecule has 0 spiro atoms. The molecule has 5 rings (SSSR count). The van der Waals surface area contributed by atoms with E-state index in [1.165, 1.54) is 55.7 Å². The number of fused-ring (bicyclic) bond motifs is 7. The van der Waals surface area contributed by atoms with Crippen LogP contribution in [-0.4, -0.2) is 5.78 Å². The van der Waals surface area contributed by atoms with Gasteiger partial charge in [0.05, 0.1) is 6.07 Å². The highest BCUT2D eigenvalue weighted by Gasteiger charge is 2.60. The van der Waals surface area contributed by atoms with Crippen LogP contribution in [0.3, 0.4) is 0 Å². The van der Waals surface area contributed by atoms with Crippen molar-refractivity contribution in [2.75, 3.05) is 0 Å². The first-order valence-electron chi connectivity index (χ1n) is 12.4. The molecule has 0 bridgehead atoms. The van der Waals surface area contributed by atoms with Crippen LogP contribution in [0.2, 0.25) is 0 Å². The molecule has 5 aliphatic rings. The number of nitriles is 1. The highest BCUT2D eigenvalue weighted by atomic mass is 16.1. The van der Waals surface area contributed by atoms with Crippen LogP contribution in [0.1, 0.15) is 79.6 Å². The largest absolute Gasteiger partial charge is 0.293 e. The van der Waals surface area contributed by atoms with Gasteiger partial charge in [-0.25, -0.2) is 0 Å². The van der Waals surface area contributed by atoms with Crippen LogP contribution < -0.4 is 0 Å². The summed E-state index contributed by atoms with van der Waals surface area (Å²) in [7, 11) is 0. The Morgan fingerprint density at radius 2 is 1.81 bits per heavy atom. The van der Waals surface area contributed by atoms with Crippen molar-refractivity contribution in [3.05, 3.63) is 46.6 Å². The van der Waals surface area contributed by atoms with Crippen LogP contribution in [0.4, 0.5) is 0 Å². The second kappa shape index (κ2) is 6.81. The Morgan fingerprint density at radius 3 is 2.55 bits per heavy atom. The van der Waals surface area contributed by atoms with Gasteiger partial charge in [-0.05, 0) is 84.3 Å². The minimum atomic E-state index is -0.159. The van der Waals surface area contributed by atoms with Gasteiger partial charge in [-0.3, -0.25) is 4.79 Å². The van der Waals surface area contributed by atoms with Crippen LogP contribution >= 0.6 is 0 Å². The average Bonchev–Trinajstić information content (AvgIpc) is 2.73. The summed E-state index contributed by atoms with van der Waals surface area (Å²) in [5.41, 5.74) is 5.42. The molecule has 7 atom stereocenters. The Morgan fingerprint density at radius 1 is 1.03 bits per heavy atom. The predicted octanol–water partition coefficient (Wildman–Crippen LogP) is 7.11. The third kappa shape index (κ3) is 2.78. The van der Waals surface area contributed by atoms with Crippen LogP contribution in [-0.2, 0) is 4.79 Å². The van der Waals surface area contributed by atoms with Gasteiger partial charge in [0.15, 0.2) is 5.78 Å². The summed E-state index contributed by atoms with van der Waals surface area (Å²) in [6, 6.07) is 2.10. The Kier molecular flexibility index (Phi) is 4.61. The van der Waals surface area contributed by atoms with Crippen molar-refractivity contribution >= 4 is 5.78 Å². The first kappa shape index (κ1) is 21.0. The van der Waals surface area contributed by atoms with Gasteiger partial charge in [0.25, 0.3) is 0 Å². The molecular formula is C29H37NO. The molecular weight excluding hydrogens is 378 g/mol. The topological polar surface area (TPSA) is 40.9 Å². The second-order valence-corrected chi connectivity index (χ2v) is 12.1. The summed E-state index contributed by atoms with van der Waals surface area (Å²) in [6.07, 6.45) is 17.4. The smallest absolute Gasteiger partial charge is 0.170 e. The van der Waals surface area contributed by atoms with Gasteiger partial charge in [0.1, 0.15) is 0 Å². The van der Waals surface area contributed by atoms with Crippen molar-refractivity contribution < 1.29 is 4.79 Å². The number of rotatable bonds is 0. The van der Waals surface area contributed by atoms with Gasteiger partial charge in [-0.2, -0.15) is 5.26 Å². The Balaban J connectivity index is 1.61. The SMILES string of the molecule is CC1CCC2(C)CCC3(C)C4=CC=C5C(=C/C(=C\C#N)C(=O)C5C)C4(C)CCC3C2C1. The van der Waals surface area contributed by atoms with Crippen molar-refractivity contribution in [1.29, 1.82) is 5.26 Å². The number of Topliss-reactive ketones (excluding diaryl/α,β-unsaturated/α-hetero) is 1. The molecule has 164 valence electrons. The third-order valence-corrected chi connectivity index (χ3v) is 10.4. The van der Waals surface area contributed by atoms with E-state index in [4.69, 9.17) is 0 Å². The highest BCUT2D eigenvalue weighted by Crippen LogP contribution is 2.69. The van der Waals surface area contributed by atoms with E-state index in [-0.39, 0.29) is 22.5 Å². The Hall–Kier alpha value is -1.88. The number of allylic oxidation sites excluding steroid dienone is 8. The average molecular weight is 416 g/mol. The molecule has 0 aliphatic heterocycles. The van der Waals surface area contributed by atoms with Crippen molar-refractivity contribution in [3.8, 4) is 6.07 Å². The molecule has 0 aromatic heterocycles. The van der Waals surface area contributed by atoms with Crippen molar-refractivity contribution in [2.24, 2.45) is 39.9 Å². The lowest BCUT2D eigenvalue weighted by atomic mass is 9.40. The third-order valence-electron chi connectivity index (χ3n) is 10.4. The molecule has 0 saturated heterocycles. The van der Waals surface area contributed by atoms with Crippen LogP contribution in [0, 0.1) is 51.2 Å². The minimum Gasteiger partial charge on any atom is -0.293 e. The number of hydrogen-bond acceptors (Lipinski definition) is 2. The number of carbonyl (C=O) groups excluding carboxylic acids is 1. The number of hydrogen-bond donors (Lipinski definition) is 0. The summed E-state index contributed by atoms with van der Waals surface area (Å²) in [5.74, 6) is 2.38. The molecule has 0 aromatic rings. The van der Waals surface area contributed by atoms with E-state index in [1.807, 2.05) is 6.92 Å². The maximum Gasteiger partial charge on any atom is 0.170 e. The van der Waals surface area contributed by atoms with E-state index in [9.17, 15) is 10.1 Å². The summed E-state index contributed by atoms with van der Waals surface area (Å²) in [6.45, 7) is 12.0. The van der Waals surface area contributed by atoms with E-state index in [0.717, 1.165) is 24.2 Å².